The summed E-state index contributed by atoms with van der Waals surface area (Å²) in [6.45, 7) is 7.76. The highest BCUT2D eigenvalue weighted by Gasteiger charge is 2.21. The van der Waals surface area contributed by atoms with Crippen LogP contribution < -0.4 is 0 Å². The van der Waals surface area contributed by atoms with Crippen LogP contribution in [0.5, 0.6) is 0 Å². The van der Waals surface area contributed by atoms with Crippen LogP contribution in [-0.2, 0) is 5.60 Å². The zero-order valence-corrected chi connectivity index (χ0v) is 11.9. The summed E-state index contributed by atoms with van der Waals surface area (Å²) in [5.41, 5.74) is 1.83. The predicted molar refractivity (Wildman–Crippen MR) is 76.1 cm³/mol. The Morgan fingerprint density at radius 3 is 2.44 bits per heavy atom. The van der Waals surface area contributed by atoms with Gasteiger partial charge in [-0.1, -0.05) is 25.4 Å². The van der Waals surface area contributed by atoms with Gasteiger partial charge in [0.25, 0.3) is 0 Å². The molecule has 1 N–H and O–H groups in total. The van der Waals surface area contributed by atoms with E-state index in [0.29, 0.717) is 10.9 Å². The van der Waals surface area contributed by atoms with Crippen molar-refractivity contribution >= 4 is 22.5 Å². The summed E-state index contributed by atoms with van der Waals surface area (Å²) in [6, 6.07) is 7.57. The summed E-state index contributed by atoms with van der Waals surface area (Å²) >= 11 is 6.03. The minimum atomic E-state index is -0.907. The van der Waals surface area contributed by atoms with E-state index >= 15 is 0 Å². The SMILES string of the molecule is CC(C)c1cc(C(C)(C)O)c2cc(Cl)ccc2n1. The van der Waals surface area contributed by atoms with Crippen LogP contribution in [0.25, 0.3) is 10.9 Å². The van der Waals surface area contributed by atoms with Crippen molar-refractivity contribution < 1.29 is 5.11 Å². The smallest absolute Gasteiger partial charge is 0.0847 e. The number of aromatic nitrogens is 1. The van der Waals surface area contributed by atoms with E-state index in [1.807, 2.05) is 24.3 Å². The molecule has 0 radical (unpaired) electrons. The molecule has 2 rings (SSSR count). The molecule has 0 aliphatic carbocycles. The fourth-order valence-corrected chi connectivity index (χ4v) is 2.19. The van der Waals surface area contributed by atoms with Crippen LogP contribution in [0.4, 0.5) is 0 Å². The van der Waals surface area contributed by atoms with Gasteiger partial charge >= 0.3 is 0 Å². The van der Waals surface area contributed by atoms with Crippen molar-refractivity contribution in [2.75, 3.05) is 0 Å². The van der Waals surface area contributed by atoms with Crippen LogP contribution in [0, 0.1) is 0 Å². The average Bonchev–Trinajstić information content (AvgIpc) is 2.26. The van der Waals surface area contributed by atoms with Crippen molar-refractivity contribution in [3.05, 3.63) is 40.5 Å². The molecule has 0 aliphatic rings. The highest BCUT2D eigenvalue weighted by molar-refractivity contribution is 6.31. The van der Waals surface area contributed by atoms with E-state index in [1.54, 1.807) is 13.8 Å². The first-order chi connectivity index (χ1) is 8.29. The Hall–Kier alpha value is -1.12. The summed E-state index contributed by atoms with van der Waals surface area (Å²) in [7, 11) is 0. The minimum absolute atomic E-state index is 0.325. The zero-order chi connectivity index (χ0) is 13.5. The molecule has 1 aromatic heterocycles. The number of rotatable bonds is 2. The zero-order valence-electron chi connectivity index (χ0n) is 11.2. The van der Waals surface area contributed by atoms with Crippen LogP contribution in [0.15, 0.2) is 24.3 Å². The number of halogens is 1. The molecule has 2 aromatic rings. The number of aliphatic hydroxyl groups is 1. The lowest BCUT2D eigenvalue weighted by Crippen LogP contribution is -2.17. The first kappa shape index (κ1) is 13.3. The van der Waals surface area contributed by atoms with Crippen molar-refractivity contribution in [3.8, 4) is 0 Å². The van der Waals surface area contributed by atoms with Crippen molar-refractivity contribution in [1.82, 2.24) is 4.98 Å². The Labute approximate surface area is 113 Å². The van der Waals surface area contributed by atoms with Crippen LogP contribution in [0.3, 0.4) is 0 Å². The topological polar surface area (TPSA) is 33.1 Å². The fourth-order valence-electron chi connectivity index (χ4n) is 2.02. The van der Waals surface area contributed by atoms with Gasteiger partial charge in [-0.3, -0.25) is 4.98 Å². The second kappa shape index (κ2) is 4.52. The van der Waals surface area contributed by atoms with E-state index in [0.717, 1.165) is 22.2 Å². The number of hydrogen-bond acceptors (Lipinski definition) is 2. The quantitative estimate of drug-likeness (QED) is 0.879. The molecular formula is C15H18ClNO. The number of hydrogen-bond donors (Lipinski definition) is 1. The van der Waals surface area contributed by atoms with Crippen molar-refractivity contribution in [2.45, 2.75) is 39.2 Å². The van der Waals surface area contributed by atoms with Gasteiger partial charge in [0.1, 0.15) is 0 Å². The van der Waals surface area contributed by atoms with Crippen molar-refractivity contribution in [3.63, 3.8) is 0 Å². The maximum atomic E-state index is 10.3. The Bertz CT molecular complexity index is 585. The fraction of sp³-hybridized carbons (Fsp3) is 0.400. The molecule has 2 nitrogen and oxygen atoms in total. The monoisotopic (exact) mass is 263 g/mol. The van der Waals surface area contributed by atoms with Crippen molar-refractivity contribution in [2.24, 2.45) is 0 Å². The standard InChI is InChI=1S/C15H18ClNO/c1-9(2)14-8-12(15(3,4)18)11-7-10(16)5-6-13(11)17-14/h5-9,18H,1-4H3. The Morgan fingerprint density at radius 2 is 1.89 bits per heavy atom. The highest BCUT2D eigenvalue weighted by atomic mass is 35.5. The molecule has 3 heteroatoms. The molecule has 0 unspecified atom stereocenters. The molecule has 0 saturated heterocycles. The molecule has 0 atom stereocenters. The van der Waals surface area contributed by atoms with Gasteiger partial charge in [0, 0.05) is 16.1 Å². The van der Waals surface area contributed by atoms with Gasteiger partial charge in [-0.2, -0.15) is 0 Å². The maximum Gasteiger partial charge on any atom is 0.0847 e. The van der Waals surface area contributed by atoms with E-state index in [4.69, 9.17) is 11.6 Å². The van der Waals surface area contributed by atoms with E-state index in [9.17, 15) is 5.11 Å². The van der Waals surface area contributed by atoms with Crippen molar-refractivity contribution in [1.29, 1.82) is 0 Å². The van der Waals surface area contributed by atoms with Crippen LogP contribution in [-0.4, -0.2) is 10.1 Å². The molecule has 18 heavy (non-hydrogen) atoms. The van der Waals surface area contributed by atoms with Gasteiger partial charge in [0.2, 0.25) is 0 Å². The van der Waals surface area contributed by atoms with Crippen LogP contribution in [0.1, 0.15) is 44.9 Å². The Morgan fingerprint density at radius 1 is 1.22 bits per heavy atom. The predicted octanol–water partition coefficient (Wildman–Crippen LogP) is 4.24. The lowest BCUT2D eigenvalue weighted by atomic mass is 9.92. The molecule has 0 bridgehead atoms. The van der Waals surface area contributed by atoms with E-state index < -0.39 is 5.60 Å². The molecule has 1 aromatic carbocycles. The molecule has 0 amide bonds. The van der Waals surface area contributed by atoms with Crippen LogP contribution in [0.2, 0.25) is 5.02 Å². The van der Waals surface area contributed by atoms with Gasteiger partial charge in [-0.15, -0.1) is 0 Å². The summed E-state index contributed by atoms with van der Waals surface area (Å²) in [5, 5.41) is 11.9. The molecule has 96 valence electrons. The van der Waals surface area contributed by atoms with Gasteiger partial charge in [0.05, 0.1) is 11.1 Å². The maximum absolute atomic E-state index is 10.3. The van der Waals surface area contributed by atoms with Gasteiger partial charge in [-0.05, 0) is 49.6 Å². The lowest BCUT2D eigenvalue weighted by Gasteiger charge is -2.22. The number of pyridine rings is 1. The summed E-state index contributed by atoms with van der Waals surface area (Å²) < 4.78 is 0. The number of benzene rings is 1. The van der Waals surface area contributed by atoms with Gasteiger partial charge in [0.15, 0.2) is 0 Å². The summed E-state index contributed by atoms with van der Waals surface area (Å²) in [4.78, 5) is 4.62. The first-order valence-corrected chi connectivity index (χ1v) is 6.50. The van der Waals surface area contributed by atoms with E-state index in [2.05, 4.69) is 18.8 Å². The van der Waals surface area contributed by atoms with Gasteiger partial charge < -0.3 is 5.11 Å². The molecule has 0 aliphatic heterocycles. The molecular weight excluding hydrogens is 246 g/mol. The number of nitrogens with zero attached hydrogens (tertiary/aromatic N) is 1. The first-order valence-electron chi connectivity index (χ1n) is 6.12. The molecule has 0 fully saturated rings. The lowest BCUT2D eigenvalue weighted by molar-refractivity contribution is 0.0800. The molecule has 0 spiro atoms. The normalized spacial score (nSPS) is 12.4. The Kier molecular flexibility index (Phi) is 3.35. The number of fused-ring (bicyclic) bond motifs is 1. The second-order valence-electron chi connectivity index (χ2n) is 5.47. The third kappa shape index (κ3) is 2.50. The minimum Gasteiger partial charge on any atom is -0.386 e. The van der Waals surface area contributed by atoms with Crippen LogP contribution >= 0.6 is 11.6 Å². The third-order valence-corrected chi connectivity index (χ3v) is 3.28. The largest absolute Gasteiger partial charge is 0.386 e. The summed E-state index contributed by atoms with van der Waals surface area (Å²) in [6.07, 6.45) is 0. The van der Waals surface area contributed by atoms with E-state index in [1.165, 1.54) is 0 Å². The van der Waals surface area contributed by atoms with E-state index in [-0.39, 0.29) is 0 Å². The molecule has 1 heterocycles. The summed E-state index contributed by atoms with van der Waals surface area (Å²) in [5.74, 6) is 0.325. The third-order valence-electron chi connectivity index (χ3n) is 3.04. The average molecular weight is 264 g/mol. The highest BCUT2D eigenvalue weighted by Crippen LogP contribution is 2.31. The second-order valence-corrected chi connectivity index (χ2v) is 5.91. The molecule has 0 saturated carbocycles. The Balaban J connectivity index is 2.82. The van der Waals surface area contributed by atoms with Gasteiger partial charge in [-0.25, -0.2) is 0 Å².